The minimum atomic E-state index is -0.253. The van der Waals surface area contributed by atoms with E-state index in [-0.39, 0.29) is 11.6 Å². The molecule has 0 aliphatic heterocycles. The van der Waals surface area contributed by atoms with Crippen LogP contribution in [0.15, 0.2) is 24.4 Å². The molecule has 2 aromatic heterocycles. The van der Waals surface area contributed by atoms with Crippen LogP contribution in [0.5, 0.6) is 0 Å². The van der Waals surface area contributed by atoms with E-state index in [1.165, 1.54) is 0 Å². The molecule has 0 radical (unpaired) electrons. The number of rotatable bonds is 6. The fourth-order valence-electron chi connectivity index (χ4n) is 1.93. The third kappa shape index (κ3) is 3.34. The number of aromatic nitrogens is 3. The standard InChI is InChI=1S/C14H19N5O/c1-2-5-11-12(15)13(19-18-11)14(20)17-9-7-10-6-3-4-8-16-10/h3-4,6,8H,2,5,7,9,15H2,1H3,(H,17,20)(H,18,19). The second-order valence-corrected chi connectivity index (χ2v) is 4.54. The van der Waals surface area contributed by atoms with Crippen LogP contribution in [-0.2, 0) is 12.8 Å². The van der Waals surface area contributed by atoms with Crippen molar-refractivity contribution in [3.63, 3.8) is 0 Å². The first-order chi connectivity index (χ1) is 9.72. The largest absolute Gasteiger partial charge is 0.395 e. The van der Waals surface area contributed by atoms with Gasteiger partial charge in [0.25, 0.3) is 5.91 Å². The summed E-state index contributed by atoms with van der Waals surface area (Å²) >= 11 is 0. The molecule has 20 heavy (non-hydrogen) atoms. The summed E-state index contributed by atoms with van der Waals surface area (Å²) in [6.07, 6.45) is 4.16. The van der Waals surface area contributed by atoms with E-state index in [9.17, 15) is 4.79 Å². The van der Waals surface area contributed by atoms with Gasteiger partial charge in [-0.3, -0.25) is 14.9 Å². The van der Waals surface area contributed by atoms with Crippen LogP contribution in [0.3, 0.4) is 0 Å². The quantitative estimate of drug-likeness (QED) is 0.739. The van der Waals surface area contributed by atoms with Crippen molar-refractivity contribution in [2.75, 3.05) is 12.3 Å². The number of H-pyrrole nitrogens is 1. The molecule has 4 N–H and O–H groups in total. The average Bonchev–Trinajstić information content (AvgIpc) is 2.82. The second kappa shape index (κ2) is 6.70. The highest BCUT2D eigenvalue weighted by molar-refractivity contribution is 5.97. The number of carbonyl (C=O) groups excluding carboxylic acids is 1. The molecule has 2 heterocycles. The molecule has 2 rings (SSSR count). The summed E-state index contributed by atoms with van der Waals surface area (Å²) in [6.45, 7) is 2.55. The van der Waals surface area contributed by atoms with E-state index in [1.807, 2.05) is 25.1 Å². The monoisotopic (exact) mass is 273 g/mol. The Balaban J connectivity index is 1.89. The number of pyridine rings is 1. The number of aryl methyl sites for hydroxylation is 1. The number of anilines is 1. The molecule has 0 saturated heterocycles. The number of aromatic amines is 1. The van der Waals surface area contributed by atoms with Crippen molar-refractivity contribution in [2.24, 2.45) is 0 Å². The molecule has 0 aliphatic carbocycles. The molecule has 6 heteroatoms. The molecule has 0 spiro atoms. The molecule has 1 amide bonds. The first kappa shape index (κ1) is 14.0. The molecular weight excluding hydrogens is 254 g/mol. The zero-order valence-corrected chi connectivity index (χ0v) is 11.5. The maximum Gasteiger partial charge on any atom is 0.273 e. The Kier molecular flexibility index (Phi) is 4.70. The second-order valence-electron chi connectivity index (χ2n) is 4.54. The van der Waals surface area contributed by atoms with Gasteiger partial charge in [-0.1, -0.05) is 19.4 Å². The number of carbonyl (C=O) groups is 1. The molecule has 0 atom stereocenters. The van der Waals surface area contributed by atoms with E-state index in [0.717, 1.165) is 24.2 Å². The fraction of sp³-hybridized carbons (Fsp3) is 0.357. The third-order valence-electron chi connectivity index (χ3n) is 2.99. The molecule has 6 nitrogen and oxygen atoms in total. The topological polar surface area (TPSA) is 96.7 Å². The lowest BCUT2D eigenvalue weighted by atomic mass is 10.2. The van der Waals surface area contributed by atoms with Gasteiger partial charge in [0.2, 0.25) is 0 Å². The van der Waals surface area contributed by atoms with E-state index in [2.05, 4.69) is 20.5 Å². The third-order valence-corrected chi connectivity index (χ3v) is 2.99. The molecule has 106 valence electrons. The van der Waals surface area contributed by atoms with Crippen LogP contribution >= 0.6 is 0 Å². The van der Waals surface area contributed by atoms with Crippen LogP contribution in [0.4, 0.5) is 5.69 Å². The highest BCUT2D eigenvalue weighted by Gasteiger charge is 2.16. The van der Waals surface area contributed by atoms with Gasteiger partial charge in [0, 0.05) is 24.9 Å². The lowest BCUT2D eigenvalue weighted by Gasteiger charge is -2.03. The molecule has 0 aliphatic rings. The Hall–Kier alpha value is -2.37. The minimum Gasteiger partial charge on any atom is -0.395 e. The van der Waals surface area contributed by atoms with Gasteiger partial charge in [-0.15, -0.1) is 0 Å². The van der Waals surface area contributed by atoms with Crippen LogP contribution in [0.25, 0.3) is 0 Å². The van der Waals surface area contributed by atoms with Crippen LogP contribution < -0.4 is 11.1 Å². The summed E-state index contributed by atoms with van der Waals surface area (Å²) in [5.74, 6) is -0.253. The Morgan fingerprint density at radius 3 is 2.95 bits per heavy atom. The fourth-order valence-corrected chi connectivity index (χ4v) is 1.93. The van der Waals surface area contributed by atoms with E-state index >= 15 is 0 Å². The van der Waals surface area contributed by atoms with Gasteiger partial charge in [-0.05, 0) is 18.6 Å². The minimum absolute atomic E-state index is 0.253. The number of hydrogen-bond acceptors (Lipinski definition) is 4. The summed E-state index contributed by atoms with van der Waals surface area (Å²) in [7, 11) is 0. The van der Waals surface area contributed by atoms with Crippen molar-refractivity contribution in [3.8, 4) is 0 Å². The Labute approximate surface area is 117 Å². The van der Waals surface area contributed by atoms with Crippen molar-refractivity contribution in [1.82, 2.24) is 20.5 Å². The number of hydrogen-bond donors (Lipinski definition) is 3. The number of nitrogens with zero attached hydrogens (tertiary/aromatic N) is 2. The summed E-state index contributed by atoms with van der Waals surface area (Å²) < 4.78 is 0. The maximum absolute atomic E-state index is 12.0. The number of nitrogen functional groups attached to an aromatic ring is 1. The molecule has 0 bridgehead atoms. The highest BCUT2D eigenvalue weighted by atomic mass is 16.1. The Morgan fingerprint density at radius 2 is 2.25 bits per heavy atom. The molecule has 0 fully saturated rings. The summed E-state index contributed by atoms with van der Waals surface area (Å²) in [6, 6.07) is 5.71. The Bertz CT molecular complexity index is 564. The summed E-state index contributed by atoms with van der Waals surface area (Å²) in [4.78, 5) is 16.2. The SMILES string of the molecule is CCCc1[nH]nc(C(=O)NCCc2ccccn2)c1N. The molecule has 0 aromatic carbocycles. The zero-order chi connectivity index (χ0) is 14.4. The van der Waals surface area contributed by atoms with Crippen LogP contribution in [0.1, 0.15) is 35.2 Å². The van der Waals surface area contributed by atoms with Crippen molar-refractivity contribution in [2.45, 2.75) is 26.2 Å². The molecule has 0 saturated carbocycles. The Morgan fingerprint density at radius 1 is 1.40 bits per heavy atom. The first-order valence-electron chi connectivity index (χ1n) is 6.73. The van der Waals surface area contributed by atoms with Crippen molar-refractivity contribution in [3.05, 3.63) is 41.5 Å². The van der Waals surface area contributed by atoms with Gasteiger partial charge in [0.15, 0.2) is 5.69 Å². The lowest BCUT2D eigenvalue weighted by Crippen LogP contribution is -2.27. The van der Waals surface area contributed by atoms with Gasteiger partial charge >= 0.3 is 0 Å². The van der Waals surface area contributed by atoms with E-state index in [1.54, 1.807) is 6.20 Å². The zero-order valence-electron chi connectivity index (χ0n) is 11.5. The van der Waals surface area contributed by atoms with Gasteiger partial charge in [-0.2, -0.15) is 5.10 Å². The normalized spacial score (nSPS) is 10.4. The van der Waals surface area contributed by atoms with E-state index < -0.39 is 0 Å². The van der Waals surface area contributed by atoms with Crippen molar-refractivity contribution < 1.29 is 4.79 Å². The highest BCUT2D eigenvalue weighted by Crippen LogP contribution is 2.15. The molecule has 2 aromatic rings. The van der Waals surface area contributed by atoms with Gasteiger partial charge in [0.05, 0.1) is 11.4 Å². The van der Waals surface area contributed by atoms with Gasteiger partial charge < -0.3 is 11.1 Å². The first-order valence-corrected chi connectivity index (χ1v) is 6.73. The van der Waals surface area contributed by atoms with Crippen molar-refractivity contribution in [1.29, 1.82) is 0 Å². The predicted molar refractivity (Wildman–Crippen MR) is 77.3 cm³/mol. The predicted octanol–water partition coefficient (Wildman–Crippen LogP) is 1.31. The number of nitrogens with two attached hydrogens (primary N) is 1. The average molecular weight is 273 g/mol. The van der Waals surface area contributed by atoms with Gasteiger partial charge in [0.1, 0.15) is 0 Å². The number of nitrogens with one attached hydrogen (secondary N) is 2. The van der Waals surface area contributed by atoms with E-state index in [0.29, 0.717) is 18.7 Å². The number of amides is 1. The maximum atomic E-state index is 12.0. The van der Waals surface area contributed by atoms with E-state index in [4.69, 9.17) is 5.73 Å². The lowest BCUT2D eigenvalue weighted by molar-refractivity contribution is 0.0950. The summed E-state index contributed by atoms with van der Waals surface area (Å²) in [5.41, 5.74) is 8.39. The van der Waals surface area contributed by atoms with Crippen LogP contribution in [0, 0.1) is 0 Å². The van der Waals surface area contributed by atoms with Crippen LogP contribution in [-0.4, -0.2) is 27.6 Å². The molecule has 0 unspecified atom stereocenters. The molecular formula is C14H19N5O. The van der Waals surface area contributed by atoms with Crippen LogP contribution in [0.2, 0.25) is 0 Å². The smallest absolute Gasteiger partial charge is 0.273 e. The summed E-state index contributed by atoms with van der Waals surface area (Å²) in [5, 5.41) is 9.60. The van der Waals surface area contributed by atoms with Crippen molar-refractivity contribution >= 4 is 11.6 Å². The van der Waals surface area contributed by atoms with Gasteiger partial charge in [-0.25, -0.2) is 0 Å².